The Balaban J connectivity index is 1.24. The van der Waals surface area contributed by atoms with E-state index in [-0.39, 0.29) is 5.41 Å². The molecule has 0 atom stereocenters. The number of methoxy groups -OCH3 is 1. The number of hydrogen-bond donors (Lipinski definition) is 1. The van der Waals surface area contributed by atoms with Gasteiger partial charge in [-0.05, 0) is 86.3 Å². The second-order valence-electron chi connectivity index (χ2n) is 9.18. The third kappa shape index (κ3) is 2.67. The van der Waals surface area contributed by atoms with Crippen LogP contribution in [0.1, 0.15) is 50.5 Å². The average molecular weight is 339 g/mol. The van der Waals surface area contributed by atoms with Crippen molar-refractivity contribution in [2.45, 2.75) is 50.4 Å². The maximum atomic E-state index is 13.0. The third-order valence-electron chi connectivity index (χ3n) is 7.69. The standard InChI is InChI=1S/C22H29NO2/c1-25-19-4-2-18(3-5-19)22(6-7-22)13-23-21(24)20-16-9-14-8-15(11-16)12-17(20)10-14/h2-5,14-17,20H,6-13H2,1H3,(H,23,24). The molecule has 0 saturated heterocycles. The van der Waals surface area contributed by atoms with Gasteiger partial charge >= 0.3 is 0 Å². The molecule has 1 amide bonds. The molecule has 0 heterocycles. The predicted octanol–water partition coefficient (Wildman–Crippen LogP) is 3.92. The summed E-state index contributed by atoms with van der Waals surface area (Å²) < 4.78 is 5.26. The second-order valence-corrected chi connectivity index (χ2v) is 9.18. The van der Waals surface area contributed by atoms with Gasteiger partial charge in [-0.2, -0.15) is 0 Å². The summed E-state index contributed by atoms with van der Waals surface area (Å²) >= 11 is 0. The van der Waals surface area contributed by atoms with Crippen LogP contribution in [0.4, 0.5) is 0 Å². The first-order valence-electron chi connectivity index (χ1n) is 10.1. The molecular weight excluding hydrogens is 310 g/mol. The topological polar surface area (TPSA) is 38.3 Å². The minimum atomic E-state index is 0.174. The Labute approximate surface area is 150 Å². The van der Waals surface area contributed by atoms with Gasteiger partial charge in [0.2, 0.25) is 5.91 Å². The number of ether oxygens (including phenoxy) is 1. The van der Waals surface area contributed by atoms with Gasteiger partial charge in [-0.15, -0.1) is 0 Å². The fourth-order valence-corrected chi connectivity index (χ4v) is 6.39. The Morgan fingerprint density at radius 2 is 1.64 bits per heavy atom. The van der Waals surface area contributed by atoms with Crippen molar-refractivity contribution in [3.63, 3.8) is 0 Å². The first-order valence-corrected chi connectivity index (χ1v) is 10.1. The second kappa shape index (κ2) is 5.75. The molecule has 3 nitrogen and oxygen atoms in total. The van der Waals surface area contributed by atoms with Crippen molar-refractivity contribution in [3.05, 3.63) is 29.8 Å². The van der Waals surface area contributed by atoms with Crippen LogP contribution < -0.4 is 10.1 Å². The molecule has 1 N–H and O–H groups in total. The number of nitrogens with one attached hydrogen (secondary N) is 1. The molecule has 1 aromatic rings. The Kier molecular flexibility index (Phi) is 3.62. The zero-order valence-electron chi connectivity index (χ0n) is 15.2. The molecule has 0 radical (unpaired) electrons. The van der Waals surface area contributed by atoms with Crippen LogP contribution in [-0.4, -0.2) is 19.6 Å². The molecular formula is C22H29NO2. The predicted molar refractivity (Wildman–Crippen MR) is 97.5 cm³/mol. The Morgan fingerprint density at radius 3 is 2.16 bits per heavy atom. The summed E-state index contributed by atoms with van der Waals surface area (Å²) in [6, 6.07) is 8.41. The lowest BCUT2D eigenvalue weighted by atomic mass is 9.51. The minimum absolute atomic E-state index is 0.174. The zero-order chi connectivity index (χ0) is 17.0. The van der Waals surface area contributed by atoms with Gasteiger partial charge in [0, 0.05) is 17.9 Å². The van der Waals surface area contributed by atoms with Crippen LogP contribution in [0.2, 0.25) is 0 Å². The summed E-state index contributed by atoms with van der Waals surface area (Å²) in [6.45, 7) is 0.807. The molecule has 0 aliphatic heterocycles. The number of benzene rings is 1. The quantitative estimate of drug-likeness (QED) is 0.883. The van der Waals surface area contributed by atoms with Crippen LogP contribution in [0, 0.1) is 29.6 Å². The highest BCUT2D eigenvalue weighted by atomic mass is 16.5. The summed E-state index contributed by atoms with van der Waals surface area (Å²) in [7, 11) is 1.70. The van der Waals surface area contributed by atoms with E-state index in [2.05, 4.69) is 17.4 Å². The van der Waals surface area contributed by atoms with Gasteiger partial charge in [-0.1, -0.05) is 12.1 Å². The fourth-order valence-electron chi connectivity index (χ4n) is 6.39. The SMILES string of the molecule is COc1ccc(C2(CNC(=O)C3C4CC5CC(C4)CC3C5)CC2)cc1. The lowest BCUT2D eigenvalue weighted by Crippen LogP contribution is -2.51. The van der Waals surface area contributed by atoms with Crippen molar-refractivity contribution in [3.8, 4) is 5.75 Å². The Hall–Kier alpha value is -1.51. The summed E-state index contributed by atoms with van der Waals surface area (Å²) in [6.07, 6.45) is 9.07. The summed E-state index contributed by atoms with van der Waals surface area (Å²) in [5.41, 5.74) is 1.52. The van der Waals surface area contributed by atoms with Crippen molar-refractivity contribution in [2.75, 3.05) is 13.7 Å². The van der Waals surface area contributed by atoms with Gasteiger partial charge in [0.1, 0.15) is 5.75 Å². The van der Waals surface area contributed by atoms with Gasteiger partial charge in [0.15, 0.2) is 0 Å². The van der Waals surface area contributed by atoms with E-state index in [4.69, 9.17) is 4.74 Å². The molecule has 5 aliphatic rings. The van der Waals surface area contributed by atoms with Crippen molar-refractivity contribution in [1.29, 1.82) is 0 Å². The van der Waals surface area contributed by atoms with Crippen LogP contribution >= 0.6 is 0 Å². The van der Waals surface area contributed by atoms with Gasteiger partial charge in [-0.3, -0.25) is 4.79 Å². The third-order valence-corrected chi connectivity index (χ3v) is 7.69. The van der Waals surface area contributed by atoms with E-state index in [1.165, 1.54) is 50.5 Å². The number of carbonyl (C=O) groups is 1. The molecule has 5 aliphatic carbocycles. The zero-order valence-corrected chi connectivity index (χ0v) is 15.2. The molecule has 3 heteroatoms. The number of hydrogen-bond acceptors (Lipinski definition) is 2. The Morgan fingerprint density at radius 1 is 1.04 bits per heavy atom. The first kappa shape index (κ1) is 15.7. The van der Waals surface area contributed by atoms with Crippen molar-refractivity contribution in [1.82, 2.24) is 5.32 Å². The number of carbonyl (C=O) groups excluding carboxylic acids is 1. The van der Waals surface area contributed by atoms with E-state index in [1.54, 1.807) is 7.11 Å². The molecule has 5 fully saturated rings. The highest BCUT2D eigenvalue weighted by Crippen LogP contribution is 2.56. The number of amides is 1. The molecule has 6 rings (SSSR count). The molecule has 0 aromatic heterocycles. The normalized spacial score (nSPS) is 36.9. The highest BCUT2D eigenvalue weighted by molar-refractivity contribution is 5.80. The van der Waals surface area contributed by atoms with Crippen LogP contribution in [0.25, 0.3) is 0 Å². The molecule has 0 unspecified atom stereocenters. The lowest BCUT2D eigenvalue weighted by molar-refractivity contribution is -0.138. The van der Waals surface area contributed by atoms with Crippen molar-refractivity contribution >= 4 is 5.91 Å². The minimum Gasteiger partial charge on any atom is -0.497 e. The van der Waals surface area contributed by atoms with E-state index in [9.17, 15) is 4.79 Å². The van der Waals surface area contributed by atoms with E-state index in [0.717, 1.165) is 24.1 Å². The summed E-state index contributed by atoms with van der Waals surface area (Å²) in [4.78, 5) is 13.0. The van der Waals surface area contributed by atoms with Gasteiger partial charge in [-0.25, -0.2) is 0 Å². The fraction of sp³-hybridized carbons (Fsp3) is 0.682. The monoisotopic (exact) mass is 339 g/mol. The van der Waals surface area contributed by atoms with Crippen LogP contribution in [-0.2, 0) is 10.2 Å². The van der Waals surface area contributed by atoms with Gasteiger partial charge < -0.3 is 10.1 Å². The Bertz CT molecular complexity index is 633. The summed E-state index contributed by atoms with van der Waals surface area (Å²) in [5.74, 6) is 4.77. The van der Waals surface area contributed by atoms with Gasteiger partial charge in [0.25, 0.3) is 0 Å². The van der Waals surface area contributed by atoms with Crippen LogP contribution in [0.5, 0.6) is 5.75 Å². The van der Waals surface area contributed by atoms with E-state index in [1.807, 2.05) is 12.1 Å². The van der Waals surface area contributed by atoms with E-state index < -0.39 is 0 Å². The van der Waals surface area contributed by atoms with E-state index in [0.29, 0.717) is 23.7 Å². The average Bonchev–Trinajstić information content (AvgIpc) is 3.40. The van der Waals surface area contributed by atoms with Crippen LogP contribution in [0.3, 0.4) is 0 Å². The largest absolute Gasteiger partial charge is 0.497 e. The first-order chi connectivity index (χ1) is 12.2. The van der Waals surface area contributed by atoms with Crippen LogP contribution in [0.15, 0.2) is 24.3 Å². The smallest absolute Gasteiger partial charge is 0.223 e. The molecule has 4 bridgehead atoms. The van der Waals surface area contributed by atoms with Crippen molar-refractivity contribution < 1.29 is 9.53 Å². The lowest BCUT2D eigenvalue weighted by Gasteiger charge is -2.53. The maximum absolute atomic E-state index is 13.0. The number of rotatable bonds is 5. The maximum Gasteiger partial charge on any atom is 0.223 e. The molecule has 25 heavy (non-hydrogen) atoms. The molecule has 1 aromatic carbocycles. The molecule has 5 saturated carbocycles. The van der Waals surface area contributed by atoms with E-state index >= 15 is 0 Å². The molecule has 134 valence electrons. The van der Waals surface area contributed by atoms with Gasteiger partial charge in [0.05, 0.1) is 7.11 Å². The molecule has 0 spiro atoms. The highest BCUT2D eigenvalue weighted by Gasteiger charge is 2.51. The summed E-state index contributed by atoms with van der Waals surface area (Å²) in [5, 5.41) is 3.37. The van der Waals surface area contributed by atoms with Crippen molar-refractivity contribution in [2.24, 2.45) is 29.6 Å².